The first kappa shape index (κ1) is 21.1. The molecule has 0 bridgehead atoms. The van der Waals surface area contributed by atoms with Crippen LogP contribution in [0.1, 0.15) is 27.9 Å². The smallest absolute Gasteiger partial charge is 0.363 e. The third-order valence-electron chi connectivity index (χ3n) is 5.01. The zero-order valence-corrected chi connectivity index (χ0v) is 16.6. The second-order valence-electron chi connectivity index (χ2n) is 7.41. The first-order valence-electron chi connectivity index (χ1n) is 9.55. The second kappa shape index (κ2) is 8.82. The van der Waals surface area contributed by atoms with Crippen LogP contribution in [0.15, 0.2) is 42.6 Å². The van der Waals surface area contributed by atoms with Crippen LogP contribution in [0.3, 0.4) is 0 Å². The van der Waals surface area contributed by atoms with Crippen LogP contribution in [0.2, 0.25) is 0 Å². The predicted octanol–water partition coefficient (Wildman–Crippen LogP) is 3.51. The number of nitrogens with zero attached hydrogens (tertiary/aromatic N) is 4. The van der Waals surface area contributed by atoms with Crippen molar-refractivity contribution in [2.24, 2.45) is 0 Å². The Hall–Kier alpha value is -2.61. The number of hydrogen-bond donors (Lipinski definition) is 0. The van der Waals surface area contributed by atoms with E-state index in [-0.39, 0.29) is 5.91 Å². The molecule has 0 radical (unpaired) electrons. The molecule has 1 aromatic carbocycles. The van der Waals surface area contributed by atoms with E-state index in [1.54, 1.807) is 18.3 Å². The van der Waals surface area contributed by atoms with Crippen molar-refractivity contribution in [3.05, 3.63) is 59.3 Å². The van der Waals surface area contributed by atoms with Crippen LogP contribution in [-0.2, 0) is 12.7 Å². The summed E-state index contributed by atoms with van der Waals surface area (Å²) in [5, 5.41) is 0. The molecule has 1 amide bonds. The summed E-state index contributed by atoms with van der Waals surface area (Å²) in [6.07, 6.45) is -1.86. The van der Waals surface area contributed by atoms with Gasteiger partial charge < -0.3 is 9.80 Å². The Morgan fingerprint density at radius 2 is 1.79 bits per heavy atom. The highest BCUT2D eigenvalue weighted by molar-refractivity contribution is 5.94. The molecule has 0 N–H and O–H groups in total. The van der Waals surface area contributed by atoms with E-state index in [1.165, 1.54) is 12.1 Å². The van der Waals surface area contributed by atoms with E-state index >= 15 is 0 Å². The van der Waals surface area contributed by atoms with E-state index in [0.29, 0.717) is 31.7 Å². The van der Waals surface area contributed by atoms with Crippen molar-refractivity contribution in [2.45, 2.75) is 19.1 Å². The van der Waals surface area contributed by atoms with Gasteiger partial charge in [0.25, 0.3) is 5.91 Å². The molecule has 0 atom stereocenters. The molecule has 1 aromatic heterocycles. The van der Waals surface area contributed by atoms with Gasteiger partial charge in [-0.15, -0.1) is 0 Å². The predicted molar refractivity (Wildman–Crippen MR) is 106 cm³/mol. The van der Waals surface area contributed by atoms with E-state index in [2.05, 4.69) is 9.88 Å². The lowest BCUT2D eigenvalue weighted by Crippen LogP contribution is -2.35. The molecule has 1 aliphatic rings. The third kappa shape index (κ3) is 5.47. The van der Waals surface area contributed by atoms with Crippen molar-refractivity contribution in [3.8, 4) is 0 Å². The fraction of sp³-hybridized carbons (Fsp3) is 0.429. The van der Waals surface area contributed by atoms with Crippen LogP contribution < -0.4 is 4.90 Å². The number of pyridine rings is 1. The molecule has 0 aliphatic carbocycles. The van der Waals surface area contributed by atoms with Crippen LogP contribution >= 0.6 is 0 Å². The lowest BCUT2D eigenvalue weighted by atomic mass is 10.1. The first-order valence-corrected chi connectivity index (χ1v) is 9.55. The number of anilines is 1. The van der Waals surface area contributed by atoms with Crippen molar-refractivity contribution in [2.75, 3.05) is 45.2 Å². The first-order chi connectivity index (χ1) is 13.7. The highest BCUT2D eigenvalue weighted by Gasteiger charge is 2.30. The number of rotatable bonds is 4. The van der Waals surface area contributed by atoms with Gasteiger partial charge in [0.05, 0.1) is 5.56 Å². The molecule has 5 nitrogen and oxygen atoms in total. The number of carbonyl (C=O) groups is 1. The summed E-state index contributed by atoms with van der Waals surface area (Å²) in [6, 6.07) is 8.80. The van der Waals surface area contributed by atoms with Crippen LogP contribution in [0.25, 0.3) is 0 Å². The van der Waals surface area contributed by atoms with Gasteiger partial charge in [0.15, 0.2) is 0 Å². The number of carbonyl (C=O) groups excluding carboxylic acids is 1. The van der Waals surface area contributed by atoms with Crippen molar-refractivity contribution < 1.29 is 18.0 Å². The van der Waals surface area contributed by atoms with Gasteiger partial charge in [-0.25, -0.2) is 4.98 Å². The van der Waals surface area contributed by atoms with E-state index < -0.39 is 11.7 Å². The zero-order valence-electron chi connectivity index (χ0n) is 16.6. The van der Waals surface area contributed by atoms with Crippen LogP contribution in [0.4, 0.5) is 19.0 Å². The fourth-order valence-electron chi connectivity index (χ4n) is 3.37. The molecule has 0 unspecified atom stereocenters. The molecule has 1 aliphatic heterocycles. The number of aromatic nitrogens is 1. The molecule has 29 heavy (non-hydrogen) atoms. The SMILES string of the molecule is CN(C)c1cc(C(=O)N2CCCN(Cc3ccc(C(F)(F)F)cc3)CC2)ccn1. The normalized spacial score (nSPS) is 15.8. The molecule has 3 rings (SSSR count). The van der Waals surface area contributed by atoms with Crippen molar-refractivity contribution in [1.29, 1.82) is 0 Å². The van der Waals surface area contributed by atoms with Gasteiger partial charge in [-0.3, -0.25) is 9.69 Å². The number of alkyl halides is 3. The Morgan fingerprint density at radius 3 is 2.45 bits per heavy atom. The minimum atomic E-state index is -4.32. The van der Waals surface area contributed by atoms with Crippen LogP contribution in [-0.4, -0.2) is 61.0 Å². The van der Waals surface area contributed by atoms with E-state index in [1.807, 2.05) is 23.9 Å². The molecular formula is C21H25F3N4O. The maximum atomic E-state index is 12.9. The zero-order chi connectivity index (χ0) is 21.0. The minimum absolute atomic E-state index is 0.0214. The Balaban J connectivity index is 1.60. The average molecular weight is 406 g/mol. The summed E-state index contributed by atoms with van der Waals surface area (Å²) in [7, 11) is 3.75. The van der Waals surface area contributed by atoms with Crippen LogP contribution in [0, 0.1) is 0 Å². The Labute approximate surface area is 168 Å². The molecule has 0 saturated carbocycles. The summed E-state index contributed by atoms with van der Waals surface area (Å²) in [6.45, 7) is 3.28. The van der Waals surface area contributed by atoms with Gasteiger partial charge in [-0.05, 0) is 36.2 Å². The van der Waals surface area contributed by atoms with Crippen molar-refractivity contribution in [3.63, 3.8) is 0 Å². The number of halogens is 3. The third-order valence-corrected chi connectivity index (χ3v) is 5.01. The Bertz CT molecular complexity index is 837. The maximum Gasteiger partial charge on any atom is 0.416 e. The minimum Gasteiger partial charge on any atom is -0.363 e. The van der Waals surface area contributed by atoms with Gasteiger partial charge in [0, 0.05) is 58.6 Å². The molecule has 2 heterocycles. The number of amides is 1. The molecule has 2 aromatic rings. The van der Waals surface area contributed by atoms with Gasteiger partial charge in [-0.2, -0.15) is 13.2 Å². The quantitative estimate of drug-likeness (QED) is 0.779. The van der Waals surface area contributed by atoms with E-state index in [9.17, 15) is 18.0 Å². The maximum absolute atomic E-state index is 12.9. The molecule has 156 valence electrons. The Kier molecular flexibility index (Phi) is 6.42. The fourth-order valence-corrected chi connectivity index (χ4v) is 3.37. The Morgan fingerprint density at radius 1 is 1.07 bits per heavy atom. The largest absolute Gasteiger partial charge is 0.416 e. The average Bonchev–Trinajstić information content (AvgIpc) is 2.93. The summed E-state index contributed by atoms with van der Waals surface area (Å²) in [5.41, 5.74) is 0.811. The summed E-state index contributed by atoms with van der Waals surface area (Å²) >= 11 is 0. The second-order valence-corrected chi connectivity index (χ2v) is 7.41. The lowest BCUT2D eigenvalue weighted by molar-refractivity contribution is -0.137. The molecule has 1 fully saturated rings. The highest BCUT2D eigenvalue weighted by atomic mass is 19.4. The monoisotopic (exact) mass is 406 g/mol. The lowest BCUT2D eigenvalue weighted by Gasteiger charge is -2.22. The van der Waals surface area contributed by atoms with Gasteiger partial charge >= 0.3 is 6.18 Å². The van der Waals surface area contributed by atoms with Crippen LogP contribution in [0.5, 0.6) is 0 Å². The summed E-state index contributed by atoms with van der Waals surface area (Å²) in [4.78, 5) is 23.0. The standard InChI is InChI=1S/C21H25F3N4O/c1-26(2)19-14-17(8-9-25-19)20(29)28-11-3-10-27(12-13-28)15-16-4-6-18(7-5-16)21(22,23)24/h4-9,14H,3,10-13,15H2,1-2H3. The van der Waals surface area contributed by atoms with Crippen molar-refractivity contribution >= 4 is 11.7 Å². The number of hydrogen-bond acceptors (Lipinski definition) is 4. The highest BCUT2D eigenvalue weighted by Crippen LogP contribution is 2.29. The number of benzene rings is 1. The summed E-state index contributed by atoms with van der Waals surface area (Å²) in [5.74, 6) is 0.710. The van der Waals surface area contributed by atoms with Crippen molar-refractivity contribution in [1.82, 2.24) is 14.8 Å². The van der Waals surface area contributed by atoms with E-state index in [0.717, 1.165) is 36.5 Å². The summed E-state index contributed by atoms with van der Waals surface area (Å²) < 4.78 is 38.1. The molecule has 1 saturated heterocycles. The molecule has 8 heteroatoms. The molecule has 0 spiro atoms. The van der Waals surface area contributed by atoms with Gasteiger partial charge in [0.1, 0.15) is 5.82 Å². The van der Waals surface area contributed by atoms with Gasteiger partial charge in [-0.1, -0.05) is 12.1 Å². The van der Waals surface area contributed by atoms with E-state index in [4.69, 9.17) is 0 Å². The van der Waals surface area contributed by atoms with Gasteiger partial charge in [0.2, 0.25) is 0 Å². The molecular weight excluding hydrogens is 381 g/mol. The topological polar surface area (TPSA) is 39.7 Å².